The molecule has 0 bridgehead atoms. The van der Waals surface area contributed by atoms with Crippen LogP contribution in [0.5, 0.6) is 0 Å². The zero-order valence-corrected chi connectivity index (χ0v) is 15.5. The van der Waals surface area contributed by atoms with Crippen LogP contribution in [0.2, 0.25) is 0 Å². The summed E-state index contributed by atoms with van der Waals surface area (Å²) in [4.78, 5) is 0. The summed E-state index contributed by atoms with van der Waals surface area (Å²) in [5.74, 6) is 0. The summed E-state index contributed by atoms with van der Waals surface area (Å²) in [6.45, 7) is 12.8. The molecule has 0 spiro atoms. The van der Waals surface area contributed by atoms with Gasteiger partial charge in [0.2, 0.25) is 0 Å². The number of allylic oxidation sites excluding steroid dienone is 8. The maximum atomic E-state index is 3.28. The molecule has 0 heterocycles. The standard InChI is InChI=1S/2C8H11.C3H6.Ti/c2*1-3-8-5-4-7(2)6-8;1-3-2;/h2*6H,3-4H2,1-2H3;1-2H3;/q2*-1;;+2. The molecule has 0 unspecified atom stereocenters. The Kier molecular flexibility index (Phi) is 11.0. The van der Waals surface area contributed by atoms with Crippen molar-refractivity contribution in [3.05, 3.63) is 46.6 Å². The van der Waals surface area contributed by atoms with Crippen molar-refractivity contribution >= 4 is 3.81 Å². The molecule has 0 aliphatic heterocycles. The molecule has 0 amide bonds. The first-order valence-electron chi connectivity index (χ1n) is 7.44. The first kappa shape index (κ1) is 19.5. The van der Waals surface area contributed by atoms with Gasteiger partial charge < -0.3 is 0 Å². The third kappa shape index (κ3) is 10.3. The van der Waals surface area contributed by atoms with Crippen LogP contribution in [0.25, 0.3) is 0 Å². The fraction of sp³-hybridized carbons (Fsp3) is 0.526. The molecule has 0 aromatic heterocycles. The van der Waals surface area contributed by atoms with E-state index >= 15 is 0 Å². The van der Waals surface area contributed by atoms with Crippen LogP contribution in [0.1, 0.15) is 67.2 Å². The van der Waals surface area contributed by atoms with Gasteiger partial charge >= 0.3 is 37.6 Å². The summed E-state index contributed by atoms with van der Waals surface area (Å²) in [6.07, 6.45) is 15.4. The Hall–Kier alpha value is -0.456. The fourth-order valence-corrected chi connectivity index (χ4v) is 1.76. The van der Waals surface area contributed by atoms with Gasteiger partial charge in [-0.05, 0) is 0 Å². The summed E-state index contributed by atoms with van der Waals surface area (Å²) in [5.41, 5.74) is 5.65. The Morgan fingerprint density at radius 1 is 0.950 bits per heavy atom. The monoisotopic (exact) mass is 304 g/mol. The van der Waals surface area contributed by atoms with E-state index in [2.05, 4.69) is 85.8 Å². The molecule has 108 valence electrons. The van der Waals surface area contributed by atoms with Crippen LogP contribution in [0, 0.1) is 12.2 Å². The molecular weight excluding hydrogens is 276 g/mol. The molecular formula is C19H28Ti. The van der Waals surface area contributed by atoms with E-state index in [9.17, 15) is 0 Å². The topological polar surface area (TPSA) is 0 Å². The Bertz CT molecular complexity index is 391. The van der Waals surface area contributed by atoms with Gasteiger partial charge in [-0.3, -0.25) is 12.2 Å². The van der Waals surface area contributed by atoms with Crippen molar-refractivity contribution in [1.82, 2.24) is 0 Å². The summed E-state index contributed by atoms with van der Waals surface area (Å²) in [6, 6.07) is 0. The van der Waals surface area contributed by atoms with E-state index < -0.39 is 0 Å². The molecule has 0 atom stereocenters. The second kappa shape index (κ2) is 11.2. The first-order chi connectivity index (χ1) is 9.38. The molecule has 1 heteroatoms. The Balaban J connectivity index is 0.000000289. The second-order valence-corrected chi connectivity index (χ2v) is 7.01. The molecule has 0 fully saturated rings. The molecule has 0 aromatic rings. The van der Waals surface area contributed by atoms with Gasteiger partial charge in [0.15, 0.2) is 0 Å². The zero-order valence-electron chi connectivity index (χ0n) is 14.0. The average Bonchev–Trinajstić information content (AvgIpc) is 2.97. The van der Waals surface area contributed by atoms with Gasteiger partial charge in [0.05, 0.1) is 0 Å². The minimum absolute atomic E-state index is 1.06. The predicted molar refractivity (Wildman–Crippen MR) is 87.2 cm³/mol. The third-order valence-corrected chi connectivity index (χ3v) is 2.79. The number of hydrogen-bond acceptors (Lipinski definition) is 0. The maximum absolute atomic E-state index is 3.28. The van der Waals surface area contributed by atoms with Gasteiger partial charge in [-0.15, -0.1) is 12.8 Å². The fourth-order valence-electron chi connectivity index (χ4n) is 1.76. The Morgan fingerprint density at radius 2 is 1.25 bits per heavy atom. The van der Waals surface area contributed by atoms with Crippen molar-refractivity contribution in [1.29, 1.82) is 0 Å². The quantitative estimate of drug-likeness (QED) is 0.453. The van der Waals surface area contributed by atoms with Crippen molar-refractivity contribution in [2.75, 3.05) is 0 Å². The molecule has 0 nitrogen and oxygen atoms in total. The van der Waals surface area contributed by atoms with Crippen LogP contribution < -0.4 is 0 Å². The second-order valence-electron chi connectivity index (χ2n) is 5.45. The van der Waals surface area contributed by atoms with Gasteiger partial charge in [0.25, 0.3) is 0 Å². The molecule has 2 rings (SSSR count). The average molecular weight is 304 g/mol. The first-order valence-corrected chi connectivity index (χ1v) is 8.22. The van der Waals surface area contributed by atoms with Gasteiger partial charge in [0, 0.05) is 0 Å². The van der Waals surface area contributed by atoms with Gasteiger partial charge in [-0.1, -0.05) is 40.5 Å². The van der Waals surface area contributed by atoms with Crippen molar-refractivity contribution in [2.24, 2.45) is 0 Å². The third-order valence-electron chi connectivity index (χ3n) is 2.79. The summed E-state index contributed by atoms with van der Waals surface area (Å²) >= 11 is 2.08. The van der Waals surface area contributed by atoms with Crippen LogP contribution in [0.15, 0.2) is 34.4 Å². The van der Waals surface area contributed by atoms with Gasteiger partial charge in [-0.2, -0.15) is 11.1 Å². The van der Waals surface area contributed by atoms with Crippen molar-refractivity contribution in [3.63, 3.8) is 0 Å². The van der Waals surface area contributed by atoms with E-state index in [0.29, 0.717) is 0 Å². The molecule has 0 radical (unpaired) electrons. The van der Waals surface area contributed by atoms with Crippen LogP contribution in [0.3, 0.4) is 0 Å². The normalized spacial score (nSPS) is 16.0. The number of hydrogen-bond donors (Lipinski definition) is 0. The van der Waals surface area contributed by atoms with E-state index in [1.165, 1.54) is 26.1 Å². The van der Waals surface area contributed by atoms with Crippen molar-refractivity contribution in [3.8, 4) is 0 Å². The SMILES string of the molecule is CCC1=[C-]CC(C)=C1.CCC1=[C-]CC(C)=C1.C[C](C)=[Ti+2]. The molecule has 2 aliphatic carbocycles. The predicted octanol–water partition coefficient (Wildman–Crippen LogP) is 5.70. The van der Waals surface area contributed by atoms with E-state index in [1.807, 2.05) is 0 Å². The Morgan fingerprint density at radius 3 is 1.35 bits per heavy atom. The van der Waals surface area contributed by atoms with E-state index in [-0.39, 0.29) is 0 Å². The molecule has 2 aliphatic rings. The Labute approximate surface area is 137 Å². The molecule has 0 saturated heterocycles. The molecule has 0 aromatic carbocycles. The van der Waals surface area contributed by atoms with Crippen LogP contribution in [-0.4, -0.2) is 3.81 Å². The summed E-state index contributed by atoms with van der Waals surface area (Å²) in [5, 5.41) is 0. The van der Waals surface area contributed by atoms with Crippen molar-refractivity contribution < 1.29 is 20.0 Å². The number of rotatable bonds is 2. The van der Waals surface area contributed by atoms with E-state index in [0.717, 1.165) is 25.7 Å². The molecule has 20 heavy (non-hydrogen) atoms. The minimum atomic E-state index is 1.06. The van der Waals surface area contributed by atoms with Crippen LogP contribution >= 0.6 is 0 Å². The van der Waals surface area contributed by atoms with Gasteiger partial charge in [0.1, 0.15) is 0 Å². The van der Waals surface area contributed by atoms with Crippen LogP contribution in [0.4, 0.5) is 0 Å². The zero-order chi connectivity index (χ0) is 15.5. The van der Waals surface area contributed by atoms with Crippen molar-refractivity contribution in [2.45, 2.75) is 67.2 Å². The summed E-state index contributed by atoms with van der Waals surface area (Å²) in [7, 11) is 0. The van der Waals surface area contributed by atoms with Gasteiger partial charge in [-0.25, -0.2) is 23.3 Å². The molecule has 0 saturated carbocycles. The molecule has 0 N–H and O–H groups in total. The van der Waals surface area contributed by atoms with E-state index in [1.54, 1.807) is 0 Å². The van der Waals surface area contributed by atoms with E-state index in [4.69, 9.17) is 0 Å². The van der Waals surface area contributed by atoms with Crippen LogP contribution in [-0.2, 0) is 20.0 Å². The summed E-state index contributed by atoms with van der Waals surface area (Å²) < 4.78 is 1.42.